The summed E-state index contributed by atoms with van der Waals surface area (Å²) >= 11 is 0. The Labute approximate surface area is 99.0 Å². The van der Waals surface area contributed by atoms with Gasteiger partial charge in [-0.2, -0.15) is 0 Å². The highest BCUT2D eigenvalue weighted by Crippen LogP contribution is 2.23. The average Bonchev–Trinajstić information content (AvgIpc) is 2.56. The first-order valence-corrected chi connectivity index (χ1v) is 6.61. The predicted molar refractivity (Wildman–Crippen MR) is 68.3 cm³/mol. The third kappa shape index (κ3) is 2.88. The smallest absolute Gasteiger partial charge is 0.0361 e. The fourth-order valence-corrected chi connectivity index (χ4v) is 2.71. The molecule has 1 aliphatic rings. The summed E-state index contributed by atoms with van der Waals surface area (Å²) in [5.74, 6) is 0.836. The largest absolute Gasteiger partial charge is 0.353 e. The van der Waals surface area contributed by atoms with Crippen molar-refractivity contribution in [3.05, 3.63) is 24.0 Å². The van der Waals surface area contributed by atoms with E-state index in [1.54, 1.807) is 0 Å². The molecule has 1 aromatic heterocycles. The molecule has 1 aromatic rings. The molecule has 0 saturated heterocycles. The van der Waals surface area contributed by atoms with Crippen molar-refractivity contribution < 1.29 is 0 Å². The monoisotopic (exact) mass is 220 g/mol. The van der Waals surface area contributed by atoms with E-state index in [9.17, 15) is 0 Å². The lowest BCUT2D eigenvalue weighted by Gasteiger charge is -2.23. The van der Waals surface area contributed by atoms with Gasteiger partial charge in [0.25, 0.3) is 0 Å². The van der Waals surface area contributed by atoms with E-state index in [1.807, 2.05) is 0 Å². The summed E-state index contributed by atoms with van der Waals surface area (Å²) < 4.78 is 2.20. The van der Waals surface area contributed by atoms with Crippen LogP contribution in [0.4, 0.5) is 0 Å². The van der Waals surface area contributed by atoms with E-state index >= 15 is 0 Å². The molecule has 1 aliphatic carbocycles. The third-order valence-electron chi connectivity index (χ3n) is 3.96. The molecular formula is C14H24N2. The van der Waals surface area contributed by atoms with Gasteiger partial charge in [0.15, 0.2) is 0 Å². The van der Waals surface area contributed by atoms with E-state index < -0.39 is 0 Å². The standard InChI is InChI=1S/C14H24N2/c1-12-7-4-3-5-9-14(12)15-11-13-8-6-10-16(13)2/h6,8,10,12,14-15H,3-5,7,9,11H2,1-2H3. The van der Waals surface area contributed by atoms with Crippen LogP contribution in [0.2, 0.25) is 0 Å². The van der Waals surface area contributed by atoms with Crippen LogP contribution in [0.3, 0.4) is 0 Å². The zero-order valence-corrected chi connectivity index (χ0v) is 10.6. The predicted octanol–water partition coefficient (Wildman–Crippen LogP) is 3.08. The number of nitrogens with zero attached hydrogens (tertiary/aromatic N) is 1. The molecule has 2 unspecified atom stereocenters. The first-order valence-electron chi connectivity index (χ1n) is 6.61. The van der Waals surface area contributed by atoms with Crippen LogP contribution < -0.4 is 5.32 Å². The number of rotatable bonds is 3. The van der Waals surface area contributed by atoms with Gasteiger partial charge in [0.1, 0.15) is 0 Å². The molecule has 0 radical (unpaired) electrons. The number of hydrogen-bond acceptors (Lipinski definition) is 1. The Hall–Kier alpha value is -0.760. The quantitative estimate of drug-likeness (QED) is 0.775. The summed E-state index contributed by atoms with van der Waals surface area (Å²) in [5, 5.41) is 3.73. The lowest BCUT2D eigenvalue weighted by atomic mass is 9.97. The summed E-state index contributed by atoms with van der Waals surface area (Å²) in [6.45, 7) is 3.41. The Kier molecular flexibility index (Phi) is 4.05. The van der Waals surface area contributed by atoms with Crippen LogP contribution in [-0.4, -0.2) is 10.6 Å². The Morgan fingerprint density at radius 3 is 2.88 bits per heavy atom. The normalized spacial score (nSPS) is 26.6. The van der Waals surface area contributed by atoms with Crippen molar-refractivity contribution in [2.24, 2.45) is 13.0 Å². The van der Waals surface area contributed by atoms with Crippen molar-refractivity contribution in [2.75, 3.05) is 0 Å². The lowest BCUT2D eigenvalue weighted by molar-refractivity contribution is 0.353. The molecule has 1 saturated carbocycles. The molecule has 1 heterocycles. The van der Waals surface area contributed by atoms with Gasteiger partial charge in [-0.25, -0.2) is 0 Å². The summed E-state index contributed by atoms with van der Waals surface area (Å²) in [5.41, 5.74) is 1.39. The molecule has 0 amide bonds. The van der Waals surface area contributed by atoms with E-state index in [2.05, 4.69) is 42.2 Å². The molecule has 2 nitrogen and oxygen atoms in total. The molecule has 16 heavy (non-hydrogen) atoms. The minimum absolute atomic E-state index is 0.720. The number of hydrogen-bond donors (Lipinski definition) is 1. The van der Waals surface area contributed by atoms with E-state index in [0.29, 0.717) is 0 Å². The van der Waals surface area contributed by atoms with Crippen LogP contribution in [0.25, 0.3) is 0 Å². The molecule has 0 aromatic carbocycles. The second-order valence-corrected chi connectivity index (χ2v) is 5.21. The maximum atomic E-state index is 3.73. The topological polar surface area (TPSA) is 17.0 Å². The maximum Gasteiger partial charge on any atom is 0.0361 e. The van der Waals surface area contributed by atoms with Crippen LogP contribution in [0.15, 0.2) is 18.3 Å². The van der Waals surface area contributed by atoms with Crippen molar-refractivity contribution in [3.8, 4) is 0 Å². The highest BCUT2D eigenvalue weighted by molar-refractivity contribution is 5.06. The van der Waals surface area contributed by atoms with Crippen LogP contribution in [-0.2, 0) is 13.6 Å². The molecule has 2 atom stereocenters. The van der Waals surface area contributed by atoms with Crippen molar-refractivity contribution in [3.63, 3.8) is 0 Å². The van der Waals surface area contributed by atoms with Gasteiger partial charge >= 0.3 is 0 Å². The van der Waals surface area contributed by atoms with Crippen LogP contribution in [0.5, 0.6) is 0 Å². The maximum absolute atomic E-state index is 3.73. The first kappa shape index (κ1) is 11.7. The van der Waals surface area contributed by atoms with Crippen LogP contribution >= 0.6 is 0 Å². The zero-order valence-electron chi connectivity index (χ0n) is 10.6. The summed E-state index contributed by atoms with van der Waals surface area (Å²) in [4.78, 5) is 0. The minimum atomic E-state index is 0.720. The van der Waals surface area contributed by atoms with E-state index in [4.69, 9.17) is 0 Å². The zero-order chi connectivity index (χ0) is 11.4. The fraction of sp³-hybridized carbons (Fsp3) is 0.714. The van der Waals surface area contributed by atoms with Crippen molar-refractivity contribution in [1.82, 2.24) is 9.88 Å². The average molecular weight is 220 g/mol. The highest BCUT2D eigenvalue weighted by Gasteiger charge is 2.19. The van der Waals surface area contributed by atoms with Gasteiger partial charge in [0.05, 0.1) is 0 Å². The first-order chi connectivity index (χ1) is 7.77. The van der Waals surface area contributed by atoms with E-state index in [0.717, 1.165) is 18.5 Å². The van der Waals surface area contributed by atoms with Crippen molar-refractivity contribution >= 4 is 0 Å². The summed E-state index contributed by atoms with van der Waals surface area (Å²) in [6, 6.07) is 5.04. The fourth-order valence-electron chi connectivity index (χ4n) is 2.71. The van der Waals surface area contributed by atoms with Crippen LogP contribution in [0, 0.1) is 5.92 Å². The molecule has 2 heteroatoms. The molecule has 0 aliphatic heterocycles. The Bertz CT molecular complexity index is 316. The summed E-state index contributed by atoms with van der Waals surface area (Å²) in [6.07, 6.45) is 9.11. The second kappa shape index (κ2) is 5.53. The van der Waals surface area contributed by atoms with Gasteiger partial charge in [-0.05, 0) is 30.9 Å². The third-order valence-corrected chi connectivity index (χ3v) is 3.96. The number of aryl methyl sites for hydroxylation is 1. The van der Waals surface area contributed by atoms with Gasteiger partial charge in [0.2, 0.25) is 0 Å². The molecule has 0 bridgehead atoms. The second-order valence-electron chi connectivity index (χ2n) is 5.21. The molecule has 2 rings (SSSR count). The SMILES string of the molecule is CC1CCCCCC1NCc1cccn1C. The van der Waals surface area contributed by atoms with E-state index in [-0.39, 0.29) is 0 Å². The van der Waals surface area contributed by atoms with Crippen LogP contribution in [0.1, 0.15) is 44.7 Å². The molecule has 0 spiro atoms. The van der Waals surface area contributed by atoms with Crippen molar-refractivity contribution in [2.45, 2.75) is 51.6 Å². The van der Waals surface area contributed by atoms with Gasteiger partial charge in [-0.1, -0.05) is 26.2 Å². The van der Waals surface area contributed by atoms with Crippen molar-refractivity contribution in [1.29, 1.82) is 0 Å². The number of nitrogens with one attached hydrogen (secondary N) is 1. The molecule has 1 N–H and O–H groups in total. The Morgan fingerprint density at radius 2 is 2.12 bits per heavy atom. The van der Waals surface area contributed by atoms with E-state index in [1.165, 1.54) is 37.8 Å². The molecule has 90 valence electrons. The van der Waals surface area contributed by atoms with Gasteiger partial charge in [0, 0.05) is 31.5 Å². The molecular weight excluding hydrogens is 196 g/mol. The Balaban J connectivity index is 1.86. The van der Waals surface area contributed by atoms with Gasteiger partial charge < -0.3 is 9.88 Å². The summed E-state index contributed by atoms with van der Waals surface area (Å²) in [7, 11) is 2.12. The van der Waals surface area contributed by atoms with Gasteiger partial charge in [-0.3, -0.25) is 0 Å². The minimum Gasteiger partial charge on any atom is -0.353 e. The lowest BCUT2D eigenvalue weighted by Crippen LogP contribution is -2.34. The Morgan fingerprint density at radius 1 is 1.31 bits per heavy atom. The highest BCUT2D eigenvalue weighted by atomic mass is 15.0. The van der Waals surface area contributed by atoms with Gasteiger partial charge in [-0.15, -0.1) is 0 Å². The number of aromatic nitrogens is 1. The molecule has 1 fully saturated rings.